The van der Waals surface area contributed by atoms with Gasteiger partial charge in [0.05, 0.1) is 68.7 Å². The normalized spacial score (nSPS) is 25.7. The molecule has 0 aliphatic carbocycles. The second-order valence-corrected chi connectivity index (χ2v) is 24.5. The van der Waals surface area contributed by atoms with E-state index < -0.39 is 518 Å². The molecule has 12 aromatic carbocycles. The Hall–Kier alpha value is -9.72. The lowest BCUT2D eigenvalue weighted by Crippen LogP contribution is -2.75. The van der Waals surface area contributed by atoms with E-state index in [4.69, 9.17) is 39.8 Å². The van der Waals surface area contributed by atoms with Crippen LogP contribution in [0.3, 0.4) is 0 Å². The zero-order valence-corrected chi connectivity index (χ0v) is 47.8. The fourth-order valence-corrected chi connectivity index (χ4v) is 15.7. The quantitative estimate of drug-likeness (QED) is 0.0892. The van der Waals surface area contributed by atoms with Crippen LogP contribution in [-0.4, -0.2) is 14.8 Å². The van der Waals surface area contributed by atoms with Crippen molar-refractivity contribution in [3.63, 3.8) is 0 Å². The molecule has 3 nitrogen and oxygen atoms in total. The molecule has 0 bridgehead atoms. The molecular weight excluding hydrogens is 1150 g/mol. The van der Waals surface area contributed by atoms with E-state index in [1.165, 1.54) is 0 Å². The van der Waals surface area contributed by atoms with Gasteiger partial charge >= 0.3 is 0 Å². The SMILES string of the molecule is [2H]c1c([2H])c([2H])c(-c2c([2H])c(-c3c([2H])c([2H])c([2H])c([2H])c3[2H])c([2H])c(N3c4cc([Si](c5c([2H])c([2H])c([2H])c([2H])c5[2H])(c5c([2H])c([2H])c([2H])c([2H])c5[2H])c5c([2H])c([2H])c([2H])c([2H])c5[2H])cc5c4B(c4sc6c([2H])c([2H])c(C([2H])([2H])[2H])c([2H])c6c43)c3c([2H])c([2H])c(N(c4c([2H])c([2H])c(C([2H])(C([2H])([2H])[2H])C([2H])([2H])[2H])c([2H])c4[2H])c4c([2H])c([2H])c(C(C([2H])([2H])[2H])(C([2H])([2H])[2H])C([2H])([2H])[2H])c([2H])c4[2H])c([2H])c3N5c3c([2H])c([2H])c(C(C([2H])([2H])[2H])(C([2H])([2H])[2H])C([2H])([2H])[2H])c([2H])c3[2H])c2[2H])c([2H])c1[2H]. The maximum atomic E-state index is 11.7. The molecular formula is C86H76BN3SSi. The molecule has 448 valence electrons. The molecule has 0 saturated carbocycles. The minimum atomic E-state index is -7.62. The van der Waals surface area contributed by atoms with E-state index in [1.54, 1.807) is 0 Å². The van der Waals surface area contributed by atoms with Gasteiger partial charge in [0.25, 0.3) is 6.71 Å². The van der Waals surface area contributed by atoms with Gasteiger partial charge in [-0.25, -0.2) is 0 Å². The van der Waals surface area contributed by atoms with E-state index in [2.05, 4.69) is 0 Å². The van der Waals surface area contributed by atoms with Crippen LogP contribution < -0.4 is 51.1 Å². The first-order valence-corrected chi connectivity index (χ1v) is 29.3. The molecule has 0 amide bonds. The first-order valence-electron chi connectivity index (χ1n) is 63.4. The number of rotatable bonds is 12. The highest BCUT2D eigenvalue weighted by atomic mass is 32.1. The van der Waals surface area contributed by atoms with Crippen molar-refractivity contribution in [2.24, 2.45) is 0 Å². The van der Waals surface area contributed by atoms with Gasteiger partial charge in [-0.1, -0.05) is 260 Å². The summed E-state index contributed by atoms with van der Waals surface area (Å²) in [5, 5.41) is -7.94. The third kappa shape index (κ3) is 10.2. The van der Waals surface area contributed by atoms with E-state index in [0.717, 1.165) is 0 Å². The molecule has 15 rings (SSSR count). The van der Waals surface area contributed by atoms with E-state index >= 15 is 0 Å². The molecule has 13 aromatic rings. The Balaban J connectivity index is 1.42. The van der Waals surface area contributed by atoms with Crippen LogP contribution in [0, 0.1) is 6.85 Å². The summed E-state index contributed by atoms with van der Waals surface area (Å²) in [5.74, 6) is -4.51. The van der Waals surface area contributed by atoms with Gasteiger partial charge in [0.15, 0.2) is 8.07 Å². The number of benzene rings is 12. The lowest BCUT2D eigenvalue weighted by Gasteiger charge is -2.45. The highest BCUT2D eigenvalue weighted by Crippen LogP contribution is 2.51. The molecule has 0 saturated heterocycles. The summed E-state index contributed by atoms with van der Waals surface area (Å²) in [5.41, 5.74) is -43.1. The van der Waals surface area contributed by atoms with Crippen molar-refractivity contribution < 1.29 is 101 Å². The number of hydrogen-bond donors (Lipinski definition) is 0. The van der Waals surface area contributed by atoms with Crippen LogP contribution in [0.2, 0.25) is 0 Å². The molecule has 0 N–H and O–H groups in total. The second-order valence-electron chi connectivity index (χ2n) is 19.9. The van der Waals surface area contributed by atoms with E-state index in [0.29, 0.717) is 6.07 Å². The summed E-state index contributed by atoms with van der Waals surface area (Å²) in [6, 6.07) is -81.4. The minimum Gasteiger partial charge on any atom is -0.311 e. The van der Waals surface area contributed by atoms with Crippen molar-refractivity contribution in [1.29, 1.82) is 0 Å². The smallest absolute Gasteiger partial charge is 0.264 e. The van der Waals surface area contributed by atoms with Gasteiger partial charge < -0.3 is 14.7 Å². The summed E-state index contributed by atoms with van der Waals surface area (Å²) < 4.78 is 708. The summed E-state index contributed by atoms with van der Waals surface area (Å²) in [6.07, 6.45) is 0. The van der Waals surface area contributed by atoms with Crippen LogP contribution in [0.25, 0.3) is 32.3 Å². The monoisotopic (exact) mass is 1300 g/mol. The predicted octanol–water partition coefficient (Wildman–Crippen LogP) is 19.2. The van der Waals surface area contributed by atoms with Gasteiger partial charge in [-0.15, -0.1) is 11.3 Å². The lowest BCUT2D eigenvalue weighted by atomic mass is 9.36. The topological polar surface area (TPSA) is 9.72 Å². The number of nitrogens with zero attached hydrogens (tertiary/aromatic N) is 3. The molecule has 0 fully saturated rings. The third-order valence-electron chi connectivity index (χ3n) is 14.4. The van der Waals surface area contributed by atoms with Crippen molar-refractivity contribution in [2.75, 3.05) is 14.7 Å². The van der Waals surface area contributed by atoms with Gasteiger partial charge in [0.2, 0.25) is 0 Å². The molecule has 2 aliphatic rings. The zero-order valence-electron chi connectivity index (χ0n) is 120. The van der Waals surface area contributed by atoms with Crippen molar-refractivity contribution >= 4 is 124 Å². The highest BCUT2D eigenvalue weighted by Gasteiger charge is 2.49. The van der Waals surface area contributed by atoms with E-state index in [-0.39, 0.29) is 27.2 Å². The standard InChI is InChI=1S/C86H76BN3SSi/c1-58(2)60-36-42-67(43-37-60)88(68-44-38-65(39-45-68)85(4,5)6)70-48-49-77-78(55-70)89(69-46-40-66(41-47-69)86(7,8)9)79-56-75(92(72-29-19-12-20-30-72,73-31-21-13-22-32-73)74-33-23-14-24-34-74)57-80-82(79)87(77)84-83(76-51-59(3)35-50-81(76)91-84)90(80)71-53-63(61-25-15-10-16-26-61)52-64(54-71)62-27-17-11-18-28-62/h10-58H,1-9H3/i1D3,2D3,3D3,4D3,5D3,6D3,7D3,8D3,9D3,10D,11D,12D,13D,14D,15D,16D,17D,18D,19D,20D,21D,22D,23D,24D,25D,26D,27D,28D,29D,30D,31D,32D,33D,34D,35D,36D,37D,38D,39D,40D,41D,42D,43D,44D,45D,46D,47D,48D,49D,50D,51D,52D,53D,54D,55D,58D. The third-order valence-corrected chi connectivity index (χ3v) is 19.7. The fraction of sp³-hybridized carbons (Fsp3) is 0.140. The molecule has 0 radical (unpaired) electrons. The molecule has 1 aromatic heterocycles. The van der Waals surface area contributed by atoms with E-state index in [9.17, 15) is 61.7 Å². The van der Waals surface area contributed by atoms with Gasteiger partial charge in [0, 0.05) is 98.7 Å². The van der Waals surface area contributed by atoms with Crippen LogP contribution in [0.1, 0.15) is 184 Å². The zero-order chi connectivity index (χ0) is 126. The van der Waals surface area contributed by atoms with Crippen molar-refractivity contribution in [3.8, 4) is 22.3 Å². The summed E-state index contributed by atoms with van der Waals surface area (Å²) >= 11 is -0.107. The van der Waals surface area contributed by atoms with Crippen molar-refractivity contribution in [1.82, 2.24) is 0 Å². The van der Waals surface area contributed by atoms with Crippen molar-refractivity contribution in [2.45, 2.75) is 78.4 Å². The first kappa shape index (κ1) is 18.7. The average Bonchev–Trinajstić information content (AvgIpc) is 1.15. The van der Waals surface area contributed by atoms with E-state index in [1.807, 2.05) is 0 Å². The first-order chi connectivity index (χ1) is 75.3. The molecule has 6 heteroatoms. The van der Waals surface area contributed by atoms with Crippen LogP contribution in [0.4, 0.5) is 51.2 Å². The number of thiophene rings is 1. The molecule has 0 unspecified atom stereocenters. The lowest BCUT2D eigenvalue weighted by molar-refractivity contribution is 0.590. The van der Waals surface area contributed by atoms with Crippen LogP contribution >= 0.6 is 11.3 Å². The Morgan fingerprint density at radius 1 is 0.457 bits per heavy atom. The largest absolute Gasteiger partial charge is 0.311 e. The Morgan fingerprint density at radius 3 is 1.48 bits per heavy atom. The predicted molar refractivity (Wildman–Crippen MR) is 401 cm³/mol. The van der Waals surface area contributed by atoms with Gasteiger partial charge in [-0.2, -0.15) is 0 Å². The van der Waals surface area contributed by atoms with Crippen molar-refractivity contribution in [3.05, 3.63) is 312 Å². The fourth-order valence-electron chi connectivity index (χ4n) is 10.6. The number of fused-ring (bicyclic) bond motifs is 6. The Kier molecular flexibility index (Phi) is 4.73. The summed E-state index contributed by atoms with van der Waals surface area (Å²) in [6.45, 7) is -44.3. The molecule has 2 aliphatic heterocycles. The summed E-state index contributed by atoms with van der Waals surface area (Å²) in [4.78, 5) is -0.257. The summed E-state index contributed by atoms with van der Waals surface area (Å²) in [7, 11) is -7.62. The number of hydrogen-bond acceptors (Lipinski definition) is 4. The molecule has 92 heavy (non-hydrogen) atoms. The van der Waals surface area contributed by atoms with Gasteiger partial charge in [-0.05, 0) is 185 Å². The Morgan fingerprint density at radius 2 is 0.957 bits per heavy atom. The minimum absolute atomic E-state index is 0.0923. The van der Waals surface area contributed by atoms with Gasteiger partial charge in [0.1, 0.15) is 0 Å². The maximum absolute atomic E-state index is 11.7. The Labute approximate surface area is 653 Å². The molecule has 0 spiro atoms. The molecule has 0 atom stereocenters. The highest BCUT2D eigenvalue weighted by molar-refractivity contribution is 7.33. The van der Waals surface area contributed by atoms with Crippen LogP contribution in [-0.2, 0) is 10.8 Å². The maximum Gasteiger partial charge on any atom is 0.264 e. The second kappa shape index (κ2) is 23.2. The number of anilines is 9. The molecule has 3 heterocycles. The van der Waals surface area contributed by atoms with Crippen LogP contribution in [0.5, 0.6) is 0 Å². The Bertz CT molecular complexity index is 8330. The van der Waals surface area contributed by atoms with Gasteiger partial charge in [-0.3, -0.25) is 0 Å². The van der Waals surface area contributed by atoms with Crippen LogP contribution in [0.15, 0.2) is 290 Å². The average molecular weight is 1300 g/mol.